The van der Waals surface area contributed by atoms with E-state index in [4.69, 9.17) is 0 Å². The molecule has 0 atom stereocenters. The van der Waals surface area contributed by atoms with Gasteiger partial charge in [-0.2, -0.15) is 0 Å². The zero-order valence-electron chi connectivity index (χ0n) is 15.6. The molecule has 2 aromatic rings. The molecule has 0 bridgehead atoms. The van der Waals surface area contributed by atoms with Crippen LogP contribution in [0.3, 0.4) is 0 Å². The molecule has 0 radical (unpaired) electrons. The summed E-state index contributed by atoms with van der Waals surface area (Å²) in [6.45, 7) is 4.43. The van der Waals surface area contributed by atoms with Crippen molar-refractivity contribution in [1.82, 2.24) is 5.32 Å². The summed E-state index contributed by atoms with van der Waals surface area (Å²) in [4.78, 5) is 25.2. The molecular formula is C21H25N3O3. The number of amides is 1. The third kappa shape index (κ3) is 4.64. The lowest BCUT2D eigenvalue weighted by Crippen LogP contribution is -2.25. The number of rotatable bonds is 7. The zero-order chi connectivity index (χ0) is 19.2. The Morgan fingerprint density at radius 2 is 1.85 bits per heavy atom. The first-order valence-corrected chi connectivity index (χ1v) is 9.42. The van der Waals surface area contributed by atoms with Crippen molar-refractivity contribution in [3.63, 3.8) is 0 Å². The van der Waals surface area contributed by atoms with Gasteiger partial charge in [0.1, 0.15) is 0 Å². The topological polar surface area (TPSA) is 75.5 Å². The molecule has 0 saturated carbocycles. The lowest BCUT2D eigenvalue weighted by Gasteiger charge is -2.17. The molecule has 2 aromatic carbocycles. The van der Waals surface area contributed by atoms with Crippen molar-refractivity contribution >= 4 is 17.3 Å². The Kier molecular flexibility index (Phi) is 6.06. The van der Waals surface area contributed by atoms with Crippen molar-refractivity contribution in [3.05, 3.63) is 69.3 Å². The Labute approximate surface area is 159 Å². The number of carbonyl (C=O) groups is 1. The fourth-order valence-corrected chi connectivity index (χ4v) is 3.51. The van der Waals surface area contributed by atoms with E-state index in [-0.39, 0.29) is 11.6 Å². The maximum Gasteiger partial charge on any atom is 0.273 e. The Balaban J connectivity index is 1.48. The highest BCUT2D eigenvalue weighted by atomic mass is 16.6. The van der Waals surface area contributed by atoms with Crippen LogP contribution in [0.5, 0.6) is 0 Å². The Bertz CT molecular complexity index is 812. The average Bonchev–Trinajstić information content (AvgIpc) is 3.20. The molecular weight excluding hydrogens is 342 g/mol. The molecule has 1 saturated heterocycles. The molecule has 1 aliphatic rings. The van der Waals surface area contributed by atoms with E-state index in [9.17, 15) is 14.9 Å². The number of aryl methyl sites for hydroxylation is 1. The lowest BCUT2D eigenvalue weighted by atomic mass is 10.1. The van der Waals surface area contributed by atoms with Crippen LogP contribution in [-0.2, 0) is 6.42 Å². The van der Waals surface area contributed by atoms with Crippen molar-refractivity contribution in [2.24, 2.45) is 0 Å². The smallest absolute Gasteiger partial charge is 0.273 e. The number of nitrogens with one attached hydrogen (secondary N) is 1. The fraction of sp³-hybridized carbons (Fsp3) is 0.381. The van der Waals surface area contributed by atoms with Crippen molar-refractivity contribution in [2.75, 3.05) is 24.5 Å². The molecule has 6 heteroatoms. The van der Waals surface area contributed by atoms with Gasteiger partial charge in [0, 0.05) is 42.5 Å². The molecule has 27 heavy (non-hydrogen) atoms. The third-order valence-electron chi connectivity index (χ3n) is 5.08. The maximum atomic E-state index is 12.3. The summed E-state index contributed by atoms with van der Waals surface area (Å²) in [6, 6.07) is 13.2. The summed E-state index contributed by atoms with van der Waals surface area (Å²) < 4.78 is 0. The van der Waals surface area contributed by atoms with Crippen LogP contribution in [0.1, 0.15) is 40.7 Å². The minimum atomic E-state index is -0.460. The maximum absolute atomic E-state index is 12.3. The monoisotopic (exact) mass is 367 g/mol. The van der Waals surface area contributed by atoms with Crippen molar-refractivity contribution in [3.8, 4) is 0 Å². The van der Waals surface area contributed by atoms with Gasteiger partial charge in [0.15, 0.2) is 0 Å². The molecule has 3 rings (SSSR count). The summed E-state index contributed by atoms with van der Waals surface area (Å²) in [5, 5.41) is 13.9. The van der Waals surface area contributed by atoms with E-state index in [2.05, 4.69) is 34.5 Å². The number of nitro benzene ring substituents is 1. The second-order valence-electron chi connectivity index (χ2n) is 6.93. The second-order valence-corrected chi connectivity index (χ2v) is 6.93. The van der Waals surface area contributed by atoms with E-state index in [1.165, 1.54) is 30.2 Å². The van der Waals surface area contributed by atoms with Gasteiger partial charge in [0.2, 0.25) is 0 Å². The van der Waals surface area contributed by atoms with Crippen LogP contribution in [0.2, 0.25) is 0 Å². The van der Waals surface area contributed by atoms with Gasteiger partial charge >= 0.3 is 0 Å². The van der Waals surface area contributed by atoms with Crippen LogP contribution < -0.4 is 10.2 Å². The summed E-state index contributed by atoms with van der Waals surface area (Å²) >= 11 is 0. The highest BCUT2D eigenvalue weighted by Gasteiger charge is 2.17. The number of nitro groups is 1. The molecule has 1 fully saturated rings. The number of carbonyl (C=O) groups excluding carboxylic acids is 1. The van der Waals surface area contributed by atoms with E-state index in [1.807, 2.05) is 0 Å². The molecule has 0 spiro atoms. The van der Waals surface area contributed by atoms with E-state index in [1.54, 1.807) is 19.1 Å². The van der Waals surface area contributed by atoms with Crippen LogP contribution in [0.15, 0.2) is 42.5 Å². The van der Waals surface area contributed by atoms with Crippen molar-refractivity contribution < 1.29 is 9.72 Å². The molecule has 1 aliphatic heterocycles. The van der Waals surface area contributed by atoms with E-state index >= 15 is 0 Å². The second kappa shape index (κ2) is 8.66. The quantitative estimate of drug-likeness (QED) is 0.458. The van der Waals surface area contributed by atoms with Gasteiger partial charge in [-0.05, 0) is 56.4 Å². The molecule has 0 unspecified atom stereocenters. The van der Waals surface area contributed by atoms with Crippen molar-refractivity contribution in [2.45, 2.75) is 32.6 Å². The van der Waals surface area contributed by atoms with Crippen LogP contribution in [0.4, 0.5) is 11.4 Å². The van der Waals surface area contributed by atoms with Gasteiger partial charge in [-0.25, -0.2) is 0 Å². The van der Waals surface area contributed by atoms with Gasteiger partial charge in [-0.1, -0.05) is 18.2 Å². The molecule has 142 valence electrons. The number of nitrogens with zero attached hydrogens (tertiary/aromatic N) is 2. The van der Waals surface area contributed by atoms with Gasteiger partial charge in [-0.3, -0.25) is 14.9 Å². The highest BCUT2D eigenvalue weighted by molar-refractivity contribution is 5.96. The Morgan fingerprint density at radius 3 is 2.52 bits per heavy atom. The van der Waals surface area contributed by atoms with Crippen LogP contribution >= 0.6 is 0 Å². The summed E-state index contributed by atoms with van der Waals surface area (Å²) in [6.07, 6.45) is 4.24. The first-order chi connectivity index (χ1) is 13.1. The van der Waals surface area contributed by atoms with Crippen LogP contribution in [-0.4, -0.2) is 30.5 Å². The first kappa shape index (κ1) is 18.9. The summed E-state index contributed by atoms with van der Waals surface area (Å²) in [5.74, 6) is -0.263. The first-order valence-electron chi connectivity index (χ1n) is 9.42. The van der Waals surface area contributed by atoms with Crippen LogP contribution in [0, 0.1) is 17.0 Å². The lowest BCUT2D eigenvalue weighted by molar-refractivity contribution is -0.385. The molecule has 1 heterocycles. The summed E-state index contributed by atoms with van der Waals surface area (Å²) in [7, 11) is 0. The van der Waals surface area contributed by atoms with Gasteiger partial charge < -0.3 is 10.2 Å². The minimum Gasteiger partial charge on any atom is -0.372 e. The van der Waals surface area contributed by atoms with Crippen molar-refractivity contribution in [1.29, 1.82) is 0 Å². The molecule has 1 N–H and O–H groups in total. The van der Waals surface area contributed by atoms with E-state index in [0.29, 0.717) is 17.7 Å². The Hall–Kier alpha value is -2.89. The SMILES string of the molecule is Cc1c(C(=O)NCCCc2ccc(N3CCCC3)cc2)cccc1[N+](=O)[O-]. The third-order valence-corrected chi connectivity index (χ3v) is 5.08. The number of hydrogen-bond acceptors (Lipinski definition) is 4. The fourth-order valence-electron chi connectivity index (χ4n) is 3.51. The molecule has 0 aliphatic carbocycles. The molecule has 6 nitrogen and oxygen atoms in total. The van der Waals surface area contributed by atoms with Gasteiger partial charge in [0.05, 0.1) is 4.92 Å². The molecule has 0 aromatic heterocycles. The number of benzene rings is 2. The predicted octanol–water partition coefficient (Wildman–Crippen LogP) is 3.87. The molecule has 1 amide bonds. The van der Waals surface area contributed by atoms with E-state index < -0.39 is 4.92 Å². The average molecular weight is 367 g/mol. The normalized spacial score (nSPS) is 13.6. The number of anilines is 1. The standard InChI is InChI=1S/C21H25N3O3/c1-16-19(7-4-8-20(16)24(26)27)21(25)22-13-5-6-17-9-11-18(12-10-17)23-14-2-3-15-23/h4,7-12H,2-3,5-6,13-15H2,1H3,(H,22,25). The predicted molar refractivity (Wildman–Crippen MR) is 106 cm³/mol. The van der Waals surface area contributed by atoms with Crippen LogP contribution in [0.25, 0.3) is 0 Å². The zero-order valence-corrected chi connectivity index (χ0v) is 15.6. The Morgan fingerprint density at radius 1 is 1.15 bits per heavy atom. The minimum absolute atomic E-state index is 0.0271. The summed E-state index contributed by atoms with van der Waals surface area (Å²) in [5.41, 5.74) is 3.27. The van der Waals surface area contributed by atoms with Gasteiger partial charge in [-0.15, -0.1) is 0 Å². The highest BCUT2D eigenvalue weighted by Crippen LogP contribution is 2.22. The van der Waals surface area contributed by atoms with E-state index in [0.717, 1.165) is 25.9 Å². The van der Waals surface area contributed by atoms with Gasteiger partial charge in [0.25, 0.3) is 11.6 Å². The number of hydrogen-bond donors (Lipinski definition) is 1. The largest absolute Gasteiger partial charge is 0.372 e.